The van der Waals surface area contributed by atoms with Gasteiger partial charge in [-0.3, -0.25) is 0 Å². The smallest absolute Gasteiger partial charge is 0.416 e. The molecule has 0 amide bonds. The van der Waals surface area contributed by atoms with Gasteiger partial charge in [-0.1, -0.05) is 36.0 Å². The average Bonchev–Trinajstić information content (AvgIpc) is 3.08. The number of methoxy groups -OCH3 is 1. The Hall–Kier alpha value is -2.45. The minimum atomic E-state index is -4.34. The van der Waals surface area contributed by atoms with Crippen molar-refractivity contribution in [1.82, 2.24) is 9.55 Å². The maximum atomic E-state index is 12.7. The van der Waals surface area contributed by atoms with E-state index in [-0.39, 0.29) is 6.61 Å². The Bertz CT molecular complexity index is 907. The Kier molecular flexibility index (Phi) is 6.31. The van der Waals surface area contributed by atoms with Crippen LogP contribution in [0.15, 0.2) is 59.9 Å². The number of aromatic nitrogens is 2. The summed E-state index contributed by atoms with van der Waals surface area (Å²) in [6.45, 7) is 0.374. The van der Waals surface area contributed by atoms with Gasteiger partial charge >= 0.3 is 6.18 Å². The summed E-state index contributed by atoms with van der Waals surface area (Å²) in [6.07, 6.45) is -2.73. The molecule has 0 saturated carbocycles. The van der Waals surface area contributed by atoms with Crippen LogP contribution in [0.1, 0.15) is 22.4 Å². The van der Waals surface area contributed by atoms with Gasteiger partial charge in [0.1, 0.15) is 5.75 Å². The van der Waals surface area contributed by atoms with E-state index >= 15 is 0 Å². The number of imidazole rings is 1. The monoisotopic (exact) mass is 408 g/mol. The van der Waals surface area contributed by atoms with Gasteiger partial charge in [-0.2, -0.15) is 13.2 Å². The summed E-state index contributed by atoms with van der Waals surface area (Å²) in [7, 11) is 1.60. The fourth-order valence-electron chi connectivity index (χ4n) is 2.65. The fourth-order valence-corrected chi connectivity index (χ4v) is 3.61. The van der Waals surface area contributed by atoms with E-state index in [1.165, 1.54) is 23.9 Å². The lowest BCUT2D eigenvalue weighted by Crippen LogP contribution is -2.06. The largest absolute Gasteiger partial charge is 0.497 e. The highest BCUT2D eigenvalue weighted by Gasteiger charge is 2.29. The van der Waals surface area contributed by atoms with Crippen molar-refractivity contribution < 1.29 is 23.0 Å². The van der Waals surface area contributed by atoms with Gasteiger partial charge in [-0.05, 0) is 35.4 Å². The highest BCUT2D eigenvalue weighted by Crippen LogP contribution is 2.30. The van der Waals surface area contributed by atoms with Gasteiger partial charge < -0.3 is 14.4 Å². The number of hydrogen-bond donors (Lipinski definition) is 1. The lowest BCUT2D eigenvalue weighted by molar-refractivity contribution is -0.137. The number of hydrogen-bond acceptors (Lipinski definition) is 4. The standard InChI is InChI=1S/C20H19F3N2O2S/c1-27-18-8-4-14(5-9-18)11-25-17(12-26)10-24-19(25)28-13-15-2-6-16(7-3-15)20(21,22)23/h2-10,26H,11-13H2,1H3. The Morgan fingerprint density at radius 2 is 1.68 bits per heavy atom. The van der Waals surface area contributed by atoms with E-state index in [2.05, 4.69) is 4.98 Å². The number of aliphatic hydroxyl groups is 1. The molecular formula is C20H19F3N2O2S. The topological polar surface area (TPSA) is 47.3 Å². The van der Waals surface area contributed by atoms with E-state index in [0.29, 0.717) is 23.1 Å². The molecule has 3 aromatic rings. The number of nitrogens with zero attached hydrogens (tertiary/aromatic N) is 2. The third-order valence-corrected chi connectivity index (χ3v) is 5.27. The van der Waals surface area contributed by atoms with Gasteiger partial charge in [-0.25, -0.2) is 4.98 Å². The molecule has 0 aliphatic carbocycles. The zero-order valence-electron chi connectivity index (χ0n) is 15.1. The first kappa shape index (κ1) is 20.3. The molecule has 0 aliphatic rings. The average molecular weight is 408 g/mol. The third-order valence-electron chi connectivity index (χ3n) is 4.21. The van der Waals surface area contributed by atoms with Gasteiger partial charge in [0.15, 0.2) is 5.16 Å². The van der Waals surface area contributed by atoms with Crippen LogP contribution in [0.2, 0.25) is 0 Å². The summed E-state index contributed by atoms with van der Waals surface area (Å²) in [6, 6.07) is 12.7. The fraction of sp³-hybridized carbons (Fsp3) is 0.250. The number of halogens is 3. The van der Waals surface area contributed by atoms with Gasteiger partial charge in [0, 0.05) is 12.3 Å². The summed E-state index contributed by atoms with van der Waals surface area (Å²) in [4.78, 5) is 4.35. The summed E-state index contributed by atoms with van der Waals surface area (Å²) >= 11 is 1.41. The van der Waals surface area contributed by atoms with Crippen molar-refractivity contribution in [1.29, 1.82) is 0 Å². The molecule has 8 heteroatoms. The van der Waals surface area contributed by atoms with Gasteiger partial charge in [0.2, 0.25) is 0 Å². The predicted octanol–water partition coefficient (Wildman–Crippen LogP) is 4.74. The van der Waals surface area contributed by atoms with Gasteiger partial charge in [0.25, 0.3) is 0 Å². The first-order valence-electron chi connectivity index (χ1n) is 8.48. The van der Waals surface area contributed by atoms with Crippen molar-refractivity contribution >= 4 is 11.8 Å². The summed E-state index contributed by atoms with van der Waals surface area (Å²) in [5, 5.41) is 10.3. The van der Waals surface area contributed by atoms with Crippen LogP contribution in [0.4, 0.5) is 13.2 Å². The van der Waals surface area contributed by atoms with Crippen molar-refractivity contribution in [3.63, 3.8) is 0 Å². The SMILES string of the molecule is COc1ccc(Cn2c(CO)cnc2SCc2ccc(C(F)(F)F)cc2)cc1. The second-order valence-electron chi connectivity index (χ2n) is 6.11. The molecule has 1 heterocycles. The number of thioether (sulfide) groups is 1. The van der Waals surface area contributed by atoms with E-state index in [9.17, 15) is 18.3 Å². The lowest BCUT2D eigenvalue weighted by Gasteiger charge is -2.12. The van der Waals surface area contributed by atoms with E-state index < -0.39 is 11.7 Å². The van der Waals surface area contributed by atoms with E-state index in [4.69, 9.17) is 4.74 Å². The molecule has 1 aromatic heterocycles. The zero-order valence-corrected chi connectivity index (χ0v) is 15.9. The van der Waals surface area contributed by atoms with Gasteiger partial charge in [-0.15, -0.1) is 0 Å². The number of benzene rings is 2. The molecule has 0 bridgehead atoms. The molecular weight excluding hydrogens is 389 g/mol. The molecule has 0 radical (unpaired) electrons. The van der Waals surface area contributed by atoms with E-state index in [0.717, 1.165) is 29.0 Å². The van der Waals surface area contributed by atoms with Crippen molar-refractivity contribution in [2.75, 3.05) is 7.11 Å². The Labute approximate surface area is 165 Å². The molecule has 0 unspecified atom stereocenters. The maximum Gasteiger partial charge on any atom is 0.416 e. The minimum absolute atomic E-state index is 0.149. The van der Waals surface area contributed by atoms with Crippen molar-refractivity contribution in [3.8, 4) is 5.75 Å². The Morgan fingerprint density at radius 1 is 1.04 bits per heavy atom. The number of rotatable bonds is 7. The van der Waals surface area contributed by atoms with E-state index in [1.54, 1.807) is 13.3 Å². The second-order valence-corrected chi connectivity index (χ2v) is 7.05. The highest BCUT2D eigenvalue weighted by atomic mass is 32.2. The van der Waals surface area contributed by atoms with Crippen LogP contribution in [0.5, 0.6) is 5.75 Å². The maximum absolute atomic E-state index is 12.7. The molecule has 2 aromatic carbocycles. The molecule has 0 saturated heterocycles. The molecule has 0 spiro atoms. The third kappa shape index (κ3) is 4.88. The lowest BCUT2D eigenvalue weighted by atomic mass is 10.1. The summed E-state index contributed by atoms with van der Waals surface area (Å²) in [5.74, 6) is 1.23. The highest BCUT2D eigenvalue weighted by molar-refractivity contribution is 7.98. The van der Waals surface area contributed by atoms with Crippen LogP contribution in [0.25, 0.3) is 0 Å². The first-order valence-corrected chi connectivity index (χ1v) is 9.46. The molecule has 28 heavy (non-hydrogen) atoms. The van der Waals surface area contributed by atoms with E-state index in [1.807, 2.05) is 28.8 Å². The first-order chi connectivity index (χ1) is 13.4. The van der Waals surface area contributed by atoms with Crippen molar-refractivity contribution in [2.24, 2.45) is 0 Å². The molecule has 4 nitrogen and oxygen atoms in total. The van der Waals surface area contributed by atoms with Crippen LogP contribution >= 0.6 is 11.8 Å². The summed E-state index contributed by atoms with van der Waals surface area (Å²) in [5.41, 5.74) is 1.79. The summed E-state index contributed by atoms with van der Waals surface area (Å²) < 4.78 is 45.1. The predicted molar refractivity (Wildman–Crippen MR) is 101 cm³/mol. The Morgan fingerprint density at radius 3 is 2.25 bits per heavy atom. The second kappa shape index (κ2) is 8.70. The van der Waals surface area contributed by atoms with Gasteiger partial charge in [0.05, 0.1) is 31.2 Å². The van der Waals surface area contributed by atoms with Crippen LogP contribution in [-0.4, -0.2) is 21.8 Å². The molecule has 1 N–H and O–H groups in total. The molecule has 0 fully saturated rings. The number of alkyl halides is 3. The quantitative estimate of drug-likeness (QED) is 0.574. The molecule has 0 atom stereocenters. The zero-order chi connectivity index (χ0) is 20.1. The van der Waals surface area contributed by atoms with Crippen molar-refractivity contribution in [2.45, 2.75) is 30.2 Å². The Balaban J connectivity index is 1.72. The van der Waals surface area contributed by atoms with Crippen molar-refractivity contribution in [3.05, 3.63) is 77.1 Å². The molecule has 0 aliphatic heterocycles. The van der Waals surface area contributed by atoms with Crippen LogP contribution in [0, 0.1) is 0 Å². The number of aliphatic hydroxyl groups excluding tert-OH is 1. The normalized spacial score (nSPS) is 11.6. The van der Waals surface area contributed by atoms with Crippen LogP contribution < -0.4 is 4.74 Å². The number of ether oxygens (including phenoxy) is 1. The molecule has 148 valence electrons. The van der Waals surface area contributed by atoms with Crippen LogP contribution in [-0.2, 0) is 25.1 Å². The van der Waals surface area contributed by atoms with Crippen LogP contribution in [0.3, 0.4) is 0 Å². The molecule has 3 rings (SSSR count). The minimum Gasteiger partial charge on any atom is -0.497 e.